The van der Waals surface area contributed by atoms with E-state index in [1.807, 2.05) is 0 Å². The molecule has 1 fully saturated rings. The van der Waals surface area contributed by atoms with E-state index in [2.05, 4.69) is 0 Å². The summed E-state index contributed by atoms with van der Waals surface area (Å²) in [6, 6.07) is 0.615. The van der Waals surface area contributed by atoms with Crippen molar-refractivity contribution in [1.29, 1.82) is 0 Å². The Bertz CT molecular complexity index is 621. The predicted molar refractivity (Wildman–Crippen MR) is 69.5 cm³/mol. The van der Waals surface area contributed by atoms with Gasteiger partial charge in [0.15, 0.2) is 17.5 Å². The number of benzene rings is 1. The minimum atomic E-state index is -4.32. The second-order valence-corrected chi connectivity index (χ2v) is 6.83. The van der Waals surface area contributed by atoms with Crippen LogP contribution in [0.25, 0.3) is 0 Å². The zero-order valence-corrected chi connectivity index (χ0v) is 12.0. The second kappa shape index (κ2) is 6.33. The first-order chi connectivity index (χ1) is 9.89. The Morgan fingerprint density at radius 1 is 1.14 bits per heavy atom. The van der Waals surface area contributed by atoms with Gasteiger partial charge in [0.2, 0.25) is 10.0 Å². The molecule has 0 amide bonds. The number of nitrogens with zero attached hydrogens (tertiary/aromatic N) is 1. The molecule has 0 saturated carbocycles. The van der Waals surface area contributed by atoms with E-state index in [9.17, 15) is 26.7 Å². The molecule has 1 aromatic rings. The minimum Gasteiger partial charge on any atom is -0.395 e. The van der Waals surface area contributed by atoms with E-state index in [4.69, 9.17) is 0 Å². The van der Waals surface area contributed by atoms with E-state index in [0.29, 0.717) is 25.0 Å². The lowest BCUT2D eigenvalue weighted by Crippen LogP contribution is -2.42. The molecule has 1 aliphatic heterocycles. The van der Waals surface area contributed by atoms with Crippen LogP contribution >= 0.6 is 0 Å². The number of rotatable bonds is 3. The van der Waals surface area contributed by atoms with Gasteiger partial charge < -0.3 is 5.11 Å². The van der Waals surface area contributed by atoms with Crippen molar-refractivity contribution < 1.29 is 26.7 Å². The maximum Gasteiger partial charge on any atom is 0.246 e. The zero-order chi connectivity index (χ0) is 15.6. The maximum absolute atomic E-state index is 13.8. The average molecular weight is 323 g/mol. The van der Waals surface area contributed by atoms with Gasteiger partial charge in [-0.05, 0) is 25.0 Å². The second-order valence-electron chi connectivity index (χ2n) is 4.97. The van der Waals surface area contributed by atoms with E-state index in [1.54, 1.807) is 0 Å². The summed E-state index contributed by atoms with van der Waals surface area (Å²) in [5, 5.41) is 9.33. The summed E-state index contributed by atoms with van der Waals surface area (Å²) >= 11 is 0. The molecule has 0 bridgehead atoms. The van der Waals surface area contributed by atoms with Crippen LogP contribution in [0.4, 0.5) is 13.2 Å². The van der Waals surface area contributed by atoms with Crippen LogP contribution in [0.5, 0.6) is 0 Å². The topological polar surface area (TPSA) is 57.6 Å². The normalized spacial score (nSPS) is 21.2. The summed E-state index contributed by atoms with van der Waals surface area (Å²) in [5.41, 5.74) is 0. The quantitative estimate of drug-likeness (QED) is 0.866. The van der Waals surface area contributed by atoms with E-state index < -0.39 is 45.0 Å². The van der Waals surface area contributed by atoms with E-state index in [-0.39, 0.29) is 6.54 Å². The molecule has 0 aromatic heterocycles. The Morgan fingerprint density at radius 2 is 1.86 bits per heavy atom. The van der Waals surface area contributed by atoms with Crippen molar-refractivity contribution in [2.45, 2.75) is 36.6 Å². The SMILES string of the molecule is O=S(=O)(c1ccc(F)c(F)c1F)N1CCCCCC1CO. The molecule has 21 heavy (non-hydrogen) atoms. The van der Waals surface area contributed by atoms with Crippen LogP contribution in [0.15, 0.2) is 17.0 Å². The number of hydrogen-bond donors (Lipinski definition) is 1. The highest BCUT2D eigenvalue weighted by Gasteiger charge is 2.35. The lowest BCUT2D eigenvalue weighted by atomic mass is 10.1. The molecular formula is C13H16F3NO3S. The molecule has 1 aromatic carbocycles. The Hall–Kier alpha value is -1.12. The number of aliphatic hydroxyl groups excluding tert-OH is 1. The van der Waals surface area contributed by atoms with E-state index in [1.165, 1.54) is 0 Å². The van der Waals surface area contributed by atoms with Crippen LogP contribution in [-0.4, -0.2) is 37.0 Å². The van der Waals surface area contributed by atoms with Crippen LogP contribution in [0.3, 0.4) is 0 Å². The van der Waals surface area contributed by atoms with Crippen molar-refractivity contribution in [3.8, 4) is 0 Å². The Balaban J connectivity index is 2.47. The standard InChI is InChI=1S/C13H16F3NO3S/c14-10-5-6-11(13(16)12(10)15)21(19,20)17-7-3-1-2-4-9(17)8-18/h5-6,9,18H,1-4,7-8H2. The molecule has 1 atom stereocenters. The average Bonchev–Trinajstić information content (AvgIpc) is 2.70. The van der Waals surface area contributed by atoms with Gasteiger partial charge in [-0.3, -0.25) is 0 Å². The number of hydrogen-bond acceptors (Lipinski definition) is 3. The number of sulfonamides is 1. The largest absolute Gasteiger partial charge is 0.395 e. The van der Waals surface area contributed by atoms with Gasteiger partial charge in [-0.25, -0.2) is 21.6 Å². The van der Waals surface area contributed by atoms with Crippen LogP contribution in [0.1, 0.15) is 25.7 Å². The van der Waals surface area contributed by atoms with Gasteiger partial charge in [0.25, 0.3) is 0 Å². The van der Waals surface area contributed by atoms with Gasteiger partial charge in [0.1, 0.15) is 4.90 Å². The predicted octanol–water partition coefficient (Wildman–Crippen LogP) is 2.03. The monoisotopic (exact) mass is 323 g/mol. The van der Waals surface area contributed by atoms with Gasteiger partial charge in [-0.1, -0.05) is 12.8 Å². The molecule has 4 nitrogen and oxygen atoms in total. The number of halogens is 3. The Kier molecular flexibility index (Phi) is 4.90. The zero-order valence-electron chi connectivity index (χ0n) is 11.2. The molecule has 0 aliphatic carbocycles. The maximum atomic E-state index is 13.8. The van der Waals surface area contributed by atoms with Gasteiger partial charge in [-0.2, -0.15) is 4.31 Å². The lowest BCUT2D eigenvalue weighted by molar-refractivity contribution is 0.186. The van der Waals surface area contributed by atoms with Crippen molar-refractivity contribution in [1.82, 2.24) is 4.31 Å². The highest BCUT2D eigenvalue weighted by atomic mass is 32.2. The first-order valence-corrected chi connectivity index (χ1v) is 8.09. The van der Waals surface area contributed by atoms with Gasteiger partial charge in [0.05, 0.1) is 6.61 Å². The van der Waals surface area contributed by atoms with Crippen LogP contribution < -0.4 is 0 Å². The minimum absolute atomic E-state index is 0.117. The Labute approximate surface area is 121 Å². The molecular weight excluding hydrogens is 307 g/mol. The fourth-order valence-electron chi connectivity index (χ4n) is 2.48. The molecule has 0 radical (unpaired) electrons. The highest BCUT2D eigenvalue weighted by molar-refractivity contribution is 7.89. The molecule has 8 heteroatoms. The van der Waals surface area contributed by atoms with Crippen LogP contribution in [0, 0.1) is 17.5 Å². The van der Waals surface area contributed by atoms with Gasteiger partial charge in [0, 0.05) is 12.6 Å². The fourth-order valence-corrected chi connectivity index (χ4v) is 4.23. The summed E-state index contributed by atoms with van der Waals surface area (Å²) < 4.78 is 65.9. The smallest absolute Gasteiger partial charge is 0.246 e. The van der Waals surface area contributed by atoms with Gasteiger partial charge in [-0.15, -0.1) is 0 Å². The third kappa shape index (κ3) is 3.07. The summed E-state index contributed by atoms with van der Waals surface area (Å²) in [7, 11) is -4.32. The molecule has 1 aliphatic rings. The van der Waals surface area contributed by atoms with Crippen molar-refractivity contribution in [3.63, 3.8) is 0 Å². The molecule has 0 spiro atoms. The van der Waals surface area contributed by atoms with Gasteiger partial charge >= 0.3 is 0 Å². The highest BCUT2D eigenvalue weighted by Crippen LogP contribution is 2.27. The number of aliphatic hydroxyl groups is 1. The van der Waals surface area contributed by atoms with E-state index >= 15 is 0 Å². The molecule has 118 valence electrons. The van der Waals surface area contributed by atoms with Crippen LogP contribution in [0.2, 0.25) is 0 Å². The summed E-state index contributed by atoms with van der Waals surface area (Å²) in [6.45, 7) is -0.281. The molecule has 1 N–H and O–H groups in total. The first-order valence-electron chi connectivity index (χ1n) is 6.65. The summed E-state index contributed by atoms with van der Waals surface area (Å²) in [4.78, 5) is -0.901. The summed E-state index contributed by atoms with van der Waals surface area (Å²) in [6.07, 6.45) is 2.56. The van der Waals surface area contributed by atoms with Crippen molar-refractivity contribution in [2.75, 3.05) is 13.2 Å². The third-order valence-corrected chi connectivity index (χ3v) is 5.59. The first kappa shape index (κ1) is 16.3. The lowest BCUT2D eigenvalue weighted by Gasteiger charge is -2.27. The van der Waals surface area contributed by atoms with Crippen LogP contribution in [-0.2, 0) is 10.0 Å². The summed E-state index contributed by atoms with van der Waals surface area (Å²) in [5.74, 6) is -4.98. The molecule has 2 rings (SSSR count). The van der Waals surface area contributed by atoms with Crippen molar-refractivity contribution in [3.05, 3.63) is 29.6 Å². The fraction of sp³-hybridized carbons (Fsp3) is 0.538. The van der Waals surface area contributed by atoms with Crippen molar-refractivity contribution in [2.24, 2.45) is 0 Å². The van der Waals surface area contributed by atoms with Crippen molar-refractivity contribution >= 4 is 10.0 Å². The molecule has 1 saturated heterocycles. The third-order valence-electron chi connectivity index (χ3n) is 3.62. The van der Waals surface area contributed by atoms with E-state index in [0.717, 1.165) is 17.1 Å². The molecule has 1 unspecified atom stereocenters. The molecule has 1 heterocycles. The Morgan fingerprint density at radius 3 is 2.52 bits per heavy atom.